The van der Waals surface area contributed by atoms with E-state index in [1.54, 1.807) is 5.01 Å². The number of amides is 1. The molecule has 2 atom stereocenters. The second kappa shape index (κ2) is 4.44. The first-order valence-electron chi connectivity index (χ1n) is 6.40. The molecule has 1 aromatic heterocycles. The molecular formula is C13H14F3N3O. The fraction of sp³-hybridized carbons (Fsp3) is 0.538. The topological polar surface area (TPSA) is 36.4 Å². The summed E-state index contributed by atoms with van der Waals surface area (Å²) in [7, 11) is 0. The Bertz CT molecular complexity index is 553. The number of carbonyl (C=O) groups is 1. The zero-order chi connectivity index (χ0) is 14.5. The van der Waals surface area contributed by atoms with Crippen LogP contribution in [0.1, 0.15) is 24.9 Å². The van der Waals surface area contributed by atoms with Crippen LogP contribution in [0, 0.1) is 11.2 Å². The lowest BCUT2D eigenvalue weighted by Gasteiger charge is -2.26. The lowest BCUT2D eigenvalue weighted by molar-refractivity contribution is -0.147. The van der Waals surface area contributed by atoms with Gasteiger partial charge < -0.3 is 0 Å². The number of aromatic nitrogens is 1. The number of fused-ring (bicyclic) bond motifs is 1. The van der Waals surface area contributed by atoms with Gasteiger partial charge in [-0.15, -0.1) is 0 Å². The average Bonchev–Trinajstić information content (AvgIpc) is 2.90. The molecule has 0 N–H and O–H groups in total. The van der Waals surface area contributed by atoms with Gasteiger partial charge in [-0.3, -0.25) is 14.8 Å². The van der Waals surface area contributed by atoms with E-state index in [1.807, 2.05) is 0 Å². The summed E-state index contributed by atoms with van der Waals surface area (Å²) in [5, 5.41) is 2.98. The predicted octanol–water partition coefficient (Wildman–Crippen LogP) is 2.00. The molecule has 3 rings (SSSR count). The van der Waals surface area contributed by atoms with Crippen LogP contribution in [0.15, 0.2) is 18.5 Å². The number of pyridine rings is 1. The molecule has 1 amide bonds. The monoisotopic (exact) mass is 285 g/mol. The molecule has 7 heteroatoms. The molecule has 4 nitrogen and oxygen atoms in total. The quantitative estimate of drug-likeness (QED) is 0.834. The number of alkyl halides is 2. The van der Waals surface area contributed by atoms with Crippen LogP contribution in [0.25, 0.3) is 0 Å². The lowest BCUT2D eigenvalue weighted by atomic mass is 9.90. The van der Waals surface area contributed by atoms with Crippen LogP contribution >= 0.6 is 0 Å². The molecule has 1 aromatic rings. The molecule has 2 saturated heterocycles. The number of hydrogen-bond acceptors (Lipinski definition) is 3. The molecule has 2 aliphatic heterocycles. The van der Waals surface area contributed by atoms with E-state index in [2.05, 4.69) is 4.98 Å². The molecule has 20 heavy (non-hydrogen) atoms. The minimum atomic E-state index is -2.72. The van der Waals surface area contributed by atoms with Crippen LogP contribution in [0.3, 0.4) is 0 Å². The Hall–Kier alpha value is -1.63. The highest BCUT2D eigenvalue weighted by Gasteiger charge is 2.57. The maximum Gasteiger partial charge on any atom is 0.254 e. The van der Waals surface area contributed by atoms with Gasteiger partial charge in [0, 0.05) is 19.3 Å². The van der Waals surface area contributed by atoms with Crippen molar-refractivity contribution in [1.29, 1.82) is 0 Å². The van der Waals surface area contributed by atoms with Crippen LogP contribution in [0.2, 0.25) is 0 Å². The molecule has 2 aliphatic rings. The Kier molecular flexibility index (Phi) is 2.97. The smallest absolute Gasteiger partial charge is 0.254 e. The third kappa shape index (κ3) is 1.80. The fourth-order valence-electron chi connectivity index (χ4n) is 2.91. The van der Waals surface area contributed by atoms with Gasteiger partial charge >= 0.3 is 0 Å². The first-order valence-corrected chi connectivity index (χ1v) is 6.40. The van der Waals surface area contributed by atoms with Crippen LogP contribution < -0.4 is 0 Å². The summed E-state index contributed by atoms with van der Waals surface area (Å²) in [6.45, 7) is 1.79. The molecule has 108 valence electrons. The standard InChI is InChI=1S/C13H14F3N3O/c1-13(11(15)16)7-18-3-2-10(19(18)12(13)20)8-4-9(14)6-17-5-8/h4-6,10-11H,2-3,7H2,1H3/t10-,13+/m0/s1. The van der Waals surface area contributed by atoms with Gasteiger partial charge in [0.05, 0.1) is 12.2 Å². The largest absolute Gasteiger partial charge is 0.272 e. The number of rotatable bonds is 2. The van der Waals surface area contributed by atoms with Crippen molar-refractivity contribution < 1.29 is 18.0 Å². The molecule has 0 radical (unpaired) electrons. The maximum atomic E-state index is 13.2. The van der Waals surface area contributed by atoms with E-state index in [-0.39, 0.29) is 6.54 Å². The molecule has 0 saturated carbocycles. The average molecular weight is 285 g/mol. The van der Waals surface area contributed by atoms with Gasteiger partial charge in [0.2, 0.25) is 0 Å². The number of nitrogens with zero attached hydrogens (tertiary/aromatic N) is 3. The first-order chi connectivity index (χ1) is 9.43. The highest BCUT2D eigenvalue weighted by atomic mass is 19.3. The summed E-state index contributed by atoms with van der Waals surface area (Å²) >= 11 is 0. The zero-order valence-corrected chi connectivity index (χ0v) is 10.9. The Morgan fingerprint density at radius 3 is 2.85 bits per heavy atom. The van der Waals surface area contributed by atoms with E-state index in [0.717, 1.165) is 6.20 Å². The normalized spacial score (nSPS) is 30.4. The predicted molar refractivity (Wildman–Crippen MR) is 64.1 cm³/mol. The van der Waals surface area contributed by atoms with Crippen molar-refractivity contribution in [1.82, 2.24) is 15.0 Å². The molecular weight excluding hydrogens is 271 g/mol. The summed E-state index contributed by atoms with van der Waals surface area (Å²) in [5.41, 5.74) is -1.14. The van der Waals surface area contributed by atoms with Gasteiger partial charge in [-0.25, -0.2) is 18.2 Å². The minimum Gasteiger partial charge on any atom is -0.272 e. The molecule has 0 unspecified atom stereocenters. The van der Waals surface area contributed by atoms with Crippen LogP contribution in [0.5, 0.6) is 0 Å². The van der Waals surface area contributed by atoms with Crippen molar-refractivity contribution in [2.24, 2.45) is 5.41 Å². The highest BCUT2D eigenvalue weighted by Crippen LogP contribution is 2.44. The van der Waals surface area contributed by atoms with Crippen molar-refractivity contribution in [3.05, 3.63) is 29.8 Å². The fourth-order valence-corrected chi connectivity index (χ4v) is 2.91. The van der Waals surface area contributed by atoms with E-state index in [1.165, 1.54) is 24.2 Å². The van der Waals surface area contributed by atoms with Gasteiger partial charge in [0.1, 0.15) is 11.2 Å². The van der Waals surface area contributed by atoms with Crippen molar-refractivity contribution in [2.75, 3.05) is 13.1 Å². The Labute approximate surface area is 114 Å². The summed E-state index contributed by atoms with van der Waals surface area (Å²) in [4.78, 5) is 16.1. The van der Waals surface area contributed by atoms with Crippen molar-refractivity contribution in [3.63, 3.8) is 0 Å². The van der Waals surface area contributed by atoms with Gasteiger partial charge in [-0.1, -0.05) is 0 Å². The number of halogens is 3. The van der Waals surface area contributed by atoms with Crippen molar-refractivity contribution >= 4 is 5.91 Å². The maximum absolute atomic E-state index is 13.2. The first kappa shape index (κ1) is 13.4. The number of carbonyl (C=O) groups excluding carboxylic acids is 1. The van der Waals surface area contributed by atoms with Gasteiger partial charge in [-0.05, 0) is 25.0 Å². The van der Waals surface area contributed by atoms with Crippen LogP contribution in [-0.4, -0.2) is 40.4 Å². The highest BCUT2D eigenvalue weighted by molar-refractivity contribution is 5.85. The van der Waals surface area contributed by atoms with E-state index in [0.29, 0.717) is 18.5 Å². The Balaban J connectivity index is 1.93. The van der Waals surface area contributed by atoms with Crippen molar-refractivity contribution in [3.8, 4) is 0 Å². The van der Waals surface area contributed by atoms with Crippen LogP contribution in [0.4, 0.5) is 13.2 Å². The van der Waals surface area contributed by atoms with Crippen molar-refractivity contribution in [2.45, 2.75) is 25.8 Å². The zero-order valence-electron chi connectivity index (χ0n) is 10.9. The van der Waals surface area contributed by atoms with Gasteiger partial charge in [0.15, 0.2) is 0 Å². The van der Waals surface area contributed by atoms with Gasteiger partial charge in [0.25, 0.3) is 12.3 Å². The molecule has 0 bridgehead atoms. The molecule has 0 spiro atoms. The molecule has 0 aliphatic carbocycles. The Morgan fingerprint density at radius 1 is 1.45 bits per heavy atom. The van der Waals surface area contributed by atoms with E-state index in [4.69, 9.17) is 0 Å². The lowest BCUT2D eigenvalue weighted by Crippen LogP contribution is -2.39. The minimum absolute atomic E-state index is 0.00272. The molecule has 0 aromatic carbocycles. The molecule has 2 fully saturated rings. The summed E-state index contributed by atoms with van der Waals surface area (Å²) in [6.07, 6.45) is 0.427. The third-order valence-electron chi connectivity index (χ3n) is 4.06. The summed E-state index contributed by atoms with van der Waals surface area (Å²) in [5.74, 6) is -1.09. The van der Waals surface area contributed by atoms with E-state index in [9.17, 15) is 18.0 Å². The second-order valence-corrected chi connectivity index (χ2v) is 5.50. The summed E-state index contributed by atoms with van der Waals surface area (Å²) < 4.78 is 39.5. The third-order valence-corrected chi connectivity index (χ3v) is 4.06. The van der Waals surface area contributed by atoms with Crippen LogP contribution in [-0.2, 0) is 4.79 Å². The van der Waals surface area contributed by atoms with E-state index >= 15 is 0 Å². The summed E-state index contributed by atoms with van der Waals surface area (Å²) in [6, 6.07) is 0.887. The number of hydrogen-bond donors (Lipinski definition) is 0. The van der Waals surface area contributed by atoms with Gasteiger partial charge in [-0.2, -0.15) is 0 Å². The van der Waals surface area contributed by atoms with E-state index < -0.39 is 29.6 Å². The Morgan fingerprint density at radius 2 is 2.20 bits per heavy atom. The SMILES string of the molecule is C[C@]1(C(F)F)CN2CC[C@@H](c3cncc(F)c3)N2C1=O. The second-order valence-electron chi connectivity index (χ2n) is 5.50. The number of hydrazine groups is 1. The molecule has 3 heterocycles.